The van der Waals surface area contributed by atoms with E-state index in [4.69, 9.17) is 10.4 Å². The Labute approximate surface area is 106 Å². The highest BCUT2D eigenvalue weighted by molar-refractivity contribution is 5.83. The highest BCUT2D eigenvalue weighted by Crippen LogP contribution is 2.30. The van der Waals surface area contributed by atoms with Crippen LogP contribution in [0, 0.1) is 11.3 Å². The molecule has 1 N–H and O–H groups in total. The summed E-state index contributed by atoms with van der Waals surface area (Å²) in [4.78, 5) is 3.94. The minimum atomic E-state index is -4.98. The van der Waals surface area contributed by atoms with E-state index in [9.17, 15) is 13.2 Å². The molecule has 0 bridgehead atoms. The van der Waals surface area contributed by atoms with Gasteiger partial charge in [0.25, 0.3) is 0 Å². The van der Waals surface area contributed by atoms with Gasteiger partial charge < -0.3 is 9.67 Å². The third-order valence-corrected chi connectivity index (χ3v) is 2.63. The molecule has 19 heavy (non-hydrogen) atoms. The monoisotopic (exact) mass is 267 g/mol. The van der Waals surface area contributed by atoms with Crippen molar-refractivity contribution in [3.63, 3.8) is 0 Å². The van der Waals surface area contributed by atoms with Gasteiger partial charge in [-0.1, -0.05) is 12.1 Å². The summed E-state index contributed by atoms with van der Waals surface area (Å²) in [6, 6.07) is 8.00. The largest absolute Gasteiger partial charge is 0.503 e. The van der Waals surface area contributed by atoms with Crippen LogP contribution in [-0.4, -0.2) is 20.8 Å². The molecule has 0 radical (unpaired) electrons. The Balaban J connectivity index is 2.74. The van der Waals surface area contributed by atoms with Crippen LogP contribution in [0.5, 0.6) is 0 Å². The van der Waals surface area contributed by atoms with Crippen molar-refractivity contribution in [3.05, 3.63) is 35.8 Å². The number of nitrogens with zero attached hydrogens (tertiary/aromatic N) is 3. The van der Waals surface area contributed by atoms with Crippen molar-refractivity contribution in [1.82, 2.24) is 9.55 Å². The summed E-state index contributed by atoms with van der Waals surface area (Å²) in [7, 11) is 1.48. The average molecular weight is 267 g/mol. The number of aryl methyl sites for hydroxylation is 1. The maximum Gasteiger partial charge on any atom is 0.450 e. The van der Waals surface area contributed by atoms with Gasteiger partial charge in [0.2, 0.25) is 5.76 Å². The van der Waals surface area contributed by atoms with Crippen molar-refractivity contribution in [3.8, 4) is 6.07 Å². The summed E-state index contributed by atoms with van der Waals surface area (Å²) < 4.78 is 38.7. The molecule has 0 amide bonds. The van der Waals surface area contributed by atoms with E-state index >= 15 is 0 Å². The van der Waals surface area contributed by atoms with Gasteiger partial charge in [-0.3, -0.25) is 0 Å². The van der Waals surface area contributed by atoms with Gasteiger partial charge in [0.15, 0.2) is 5.82 Å². The molecule has 0 aliphatic carbocycles. The van der Waals surface area contributed by atoms with Crippen molar-refractivity contribution in [2.24, 2.45) is 7.05 Å². The van der Waals surface area contributed by atoms with E-state index in [1.165, 1.54) is 17.7 Å². The van der Waals surface area contributed by atoms with Gasteiger partial charge in [-0.25, -0.2) is 4.98 Å². The van der Waals surface area contributed by atoms with Gasteiger partial charge in [0, 0.05) is 7.05 Å². The maximum atomic E-state index is 12.5. The average Bonchev–Trinajstić information content (AvgIpc) is 2.68. The normalized spacial score (nSPS) is 13.2. The summed E-state index contributed by atoms with van der Waals surface area (Å²) in [6.07, 6.45) is -4.98. The lowest BCUT2D eigenvalue weighted by Gasteiger charge is -2.07. The number of benzene rings is 1. The lowest BCUT2D eigenvalue weighted by molar-refractivity contribution is -0.119. The predicted molar refractivity (Wildman–Crippen MR) is 61.9 cm³/mol. The predicted octanol–water partition coefficient (Wildman–Crippen LogP) is 2.93. The molecule has 7 heteroatoms. The van der Waals surface area contributed by atoms with E-state index in [0.717, 1.165) is 0 Å². The van der Waals surface area contributed by atoms with Crippen LogP contribution in [-0.2, 0) is 7.05 Å². The molecule has 2 rings (SSSR count). The number of para-hydroxylation sites is 2. The van der Waals surface area contributed by atoms with E-state index in [0.29, 0.717) is 11.0 Å². The quantitative estimate of drug-likeness (QED) is 0.638. The summed E-state index contributed by atoms with van der Waals surface area (Å²) in [6.45, 7) is 0. The first-order chi connectivity index (χ1) is 8.86. The molecule has 0 fully saturated rings. The zero-order valence-electron chi connectivity index (χ0n) is 9.73. The number of imidazole rings is 1. The number of aromatic nitrogens is 2. The Kier molecular flexibility index (Phi) is 2.94. The summed E-state index contributed by atoms with van der Waals surface area (Å²) >= 11 is 0. The Morgan fingerprint density at radius 2 is 2.00 bits per heavy atom. The first-order valence-electron chi connectivity index (χ1n) is 5.18. The van der Waals surface area contributed by atoms with E-state index in [1.807, 2.05) is 0 Å². The topological polar surface area (TPSA) is 61.8 Å². The van der Waals surface area contributed by atoms with Crippen molar-refractivity contribution in [2.75, 3.05) is 0 Å². The molecule has 2 aromatic rings. The molecule has 0 atom stereocenters. The smallest absolute Gasteiger partial charge is 0.450 e. The number of aliphatic hydroxyl groups excluding tert-OH is 1. The molecular formula is C12H8F3N3O. The Morgan fingerprint density at radius 3 is 2.53 bits per heavy atom. The zero-order valence-corrected chi connectivity index (χ0v) is 9.73. The molecule has 98 valence electrons. The minimum absolute atomic E-state index is 0.224. The number of alkyl halides is 3. The molecule has 1 aromatic heterocycles. The second kappa shape index (κ2) is 4.31. The van der Waals surface area contributed by atoms with Gasteiger partial charge in [-0.15, -0.1) is 0 Å². The number of allylic oxidation sites excluding steroid dienone is 2. The highest BCUT2D eigenvalue weighted by Gasteiger charge is 2.38. The van der Waals surface area contributed by atoms with Crippen LogP contribution in [0.1, 0.15) is 5.82 Å². The molecule has 0 saturated heterocycles. The minimum Gasteiger partial charge on any atom is -0.503 e. The van der Waals surface area contributed by atoms with Gasteiger partial charge in [0.1, 0.15) is 11.6 Å². The molecule has 0 unspecified atom stereocenters. The molecule has 0 spiro atoms. The van der Waals surface area contributed by atoms with E-state index in [2.05, 4.69) is 4.98 Å². The van der Waals surface area contributed by atoms with Crippen LogP contribution >= 0.6 is 0 Å². The van der Waals surface area contributed by atoms with Crippen molar-refractivity contribution >= 4 is 16.6 Å². The first kappa shape index (κ1) is 13.0. The fraction of sp³-hybridized carbons (Fsp3) is 0.167. The molecule has 0 saturated carbocycles. The number of hydrogen-bond acceptors (Lipinski definition) is 3. The third kappa shape index (κ3) is 2.12. The molecule has 0 aliphatic rings. The number of nitriles is 1. The van der Waals surface area contributed by atoms with Crippen LogP contribution < -0.4 is 0 Å². The molecule has 1 heterocycles. The van der Waals surface area contributed by atoms with E-state index < -0.39 is 17.5 Å². The SMILES string of the molecule is Cn1c(/C(C#N)=C(\O)C(F)(F)F)nc2ccccc21. The van der Waals surface area contributed by atoms with Crippen LogP contribution in [0.4, 0.5) is 13.2 Å². The van der Waals surface area contributed by atoms with Gasteiger partial charge in [-0.05, 0) is 12.1 Å². The molecule has 0 aliphatic heterocycles. The maximum absolute atomic E-state index is 12.5. The summed E-state index contributed by atoms with van der Waals surface area (Å²) in [5.41, 5.74) is 0.120. The second-order valence-electron chi connectivity index (χ2n) is 3.82. The fourth-order valence-electron chi connectivity index (χ4n) is 1.72. The number of hydrogen-bond donors (Lipinski definition) is 1. The number of rotatable bonds is 1. The Bertz CT molecular complexity index is 707. The van der Waals surface area contributed by atoms with E-state index in [-0.39, 0.29) is 5.82 Å². The lowest BCUT2D eigenvalue weighted by Crippen LogP contribution is -2.14. The van der Waals surface area contributed by atoms with Crippen molar-refractivity contribution < 1.29 is 18.3 Å². The van der Waals surface area contributed by atoms with Gasteiger partial charge in [-0.2, -0.15) is 18.4 Å². The third-order valence-electron chi connectivity index (χ3n) is 2.63. The van der Waals surface area contributed by atoms with Crippen LogP contribution in [0.25, 0.3) is 16.6 Å². The van der Waals surface area contributed by atoms with Crippen LogP contribution in [0.3, 0.4) is 0 Å². The van der Waals surface area contributed by atoms with E-state index in [1.54, 1.807) is 24.3 Å². The summed E-state index contributed by atoms with van der Waals surface area (Å²) in [5.74, 6) is -2.16. The highest BCUT2D eigenvalue weighted by atomic mass is 19.4. The van der Waals surface area contributed by atoms with Crippen LogP contribution in [0.15, 0.2) is 30.0 Å². The van der Waals surface area contributed by atoms with Gasteiger partial charge in [0.05, 0.1) is 11.0 Å². The number of halogens is 3. The van der Waals surface area contributed by atoms with Crippen molar-refractivity contribution in [1.29, 1.82) is 5.26 Å². The zero-order chi connectivity index (χ0) is 14.2. The molecular weight excluding hydrogens is 259 g/mol. The lowest BCUT2D eigenvalue weighted by atomic mass is 10.2. The number of fused-ring (bicyclic) bond motifs is 1. The Morgan fingerprint density at radius 1 is 1.37 bits per heavy atom. The standard InChI is InChI=1S/C12H8F3N3O/c1-18-9-5-3-2-4-8(9)17-11(18)7(6-16)10(19)12(13,14)15/h2-5,19H,1H3/b10-7-. The first-order valence-corrected chi connectivity index (χ1v) is 5.18. The van der Waals surface area contributed by atoms with Crippen LogP contribution in [0.2, 0.25) is 0 Å². The molecule has 4 nitrogen and oxygen atoms in total. The number of aliphatic hydroxyl groups is 1. The van der Waals surface area contributed by atoms with Crippen molar-refractivity contribution in [2.45, 2.75) is 6.18 Å². The fourth-order valence-corrected chi connectivity index (χ4v) is 1.72. The Hall–Kier alpha value is -2.49. The van der Waals surface area contributed by atoms with Gasteiger partial charge >= 0.3 is 6.18 Å². The second-order valence-corrected chi connectivity index (χ2v) is 3.82. The summed E-state index contributed by atoms with van der Waals surface area (Å²) in [5, 5.41) is 18.0. The molecule has 1 aromatic carbocycles.